The van der Waals surface area contributed by atoms with Crippen molar-refractivity contribution in [1.29, 1.82) is 0 Å². The number of aromatic hydroxyl groups is 1. The summed E-state index contributed by atoms with van der Waals surface area (Å²) in [5, 5.41) is 27.8. The molecule has 6 rings (SSSR count). The highest BCUT2D eigenvalue weighted by Crippen LogP contribution is 2.41. The number of para-hydroxylation sites is 1. The van der Waals surface area contributed by atoms with Crippen LogP contribution in [-0.4, -0.2) is 139 Å². The Kier molecular flexibility index (Phi) is 18.5. The second-order valence-corrected chi connectivity index (χ2v) is 16.1. The van der Waals surface area contributed by atoms with Crippen LogP contribution in [0.3, 0.4) is 0 Å². The Bertz CT molecular complexity index is 2530. The smallest absolute Gasteiger partial charge is 0.344 e. The Hall–Kier alpha value is -7.19. The van der Waals surface area contributed by atoms with Crippen LogP contribution in [0.4, 0.5) is 27.5 Å². The molecule has 68 heavy (non-hydrogen) atoms. The molecule has 0 radical (unpaired) electrons. The minimum atomic E-state index is -0.680. The number of benzene rings is 4. The van der Waals surface area contributed by atoms with Crippen LogP contribution in [0, 0.1) is 0 Å². The monoisotopic (exact) mass is 949 g/mol. The van der Waals surface area contributed by atoms with Crippen LogP contribution in [0.2, 0.25) is 0 Å². The lowest BCUT2D eigenvalue weighted by Gasteiger charge is -2.26. The van der Waals surface area contributed by atoms with E-state index in [-0.39, 0.29) is 80.6 Å². The number of carbonyl (C=O) groups is 4. The lowest BCUT2D eigenvalue weighted by molar-refractivity contribution is -0.138. The van der Waals surface area contributed by atoms with Crippen molar-refractivity contribution in [2.75, 3.05) is 108 Å². The molecular formula is C49H55N7O11S. The number of nitrogens with zero attached hydrogens (tertiary/aromatic N) is 5. The number of urea groups is 1. The third kappa shape index (κ3) is 13.7. The number of anilines is 3. The standard InChI is InChI=1S/C49H55N7O11S/c1-5-66-48(61)43-44(59)42(68-47(43)53-36-9-7-6-8-10-36)28-33-11-16-40(58)41(27-33)67-26-25-65-24-23-64-22-21-63-20-19-52-46(60)35-29-38(54(2)32-57)31-39(30-35)56(4)49(62)55(3)37-14-12-34(13-15-37)45-50-17-18-51-45/h6-16,27-32,58-59H,5,17-26H2,1-4H3,(H,50,51)(H,52,60)/b42-28-,53-47?. The van der Waals surface area contributed by atoms with Crippen LogP contribution in [0.1, 0.15) is 28.4 Å². The van der Waals surface area contributed by atoms with Gasteiger partial charge in [-0.05, 0) is 85.3 Å². The van der Waals surface area contributed by atoms with Gasteiger partial charge in [0.1, 0.15) is 28.8 Å². The number of carbonyl (C=O) groups excluding carboxylic acids is 4. The van der Waals surface area contributed by atoms with E-state index in [1.807, 2.05) is 42.5 Å². The molecule has 0 spiro atoms. The fraction of sp³-hybridized carbons (Fsp3) is 0.306. The second-order valence-electron chi connectivity index (χ2n) is 15.0. The molecule has 18 nitrogen and oxygen atoms in total. The third-order valence-corrected chi connectivity index (χ3v) is 11.3. The molecule has 0 saturated heterocycles. The number of esters is 1. The van der Waals surface area contributed by atoms with Crippen LogP contribution in [0.25, 0.3) is 6.08 Å². The van der Waals surface area contributed by atoms with E-state index in [1.165, 1.54) is 20.8 Å². The Morgan fingerprint density at radius 2 is 1.50 bits per heavy atom. The highest BCUT2D eigenvalue weighted by Gasteiger charge is 2.33. The summed E-state index contributed by atoms with van der Waals surface area (Å²) in [7, 11) is 4.82. The van der Waals surface area contributed by atoms with E-state index in [1.54, 1.807) is 76.6 Å². The van der Waals surface area contributed by atoms with Crippen molar-refractivity contribution in [3.8, 4) is 11.5 Å². The number of amidine groups is 1. The second kappa shape index (κ2) is 25.1. The molecule has 4 N–H and O–H groups in total. The molecule has 4 aromatic carbocycles. The van der Waals surface area contributed by atoms with Crippen molar-refractivity contribution in [3.63, 3.8) is 0 Å². The number of phenols is 1. The van der Waals surface area contributed by atoms with Crippen molar-refractivity contribution in [1.82, 2.24) is 10.6 Å². The molecule has 0 atom stereocenters. The number of aliphatic imine (C=N–C) groups is 2. The molecule has 0 aliphatic carbocycles. The van der Waals surface area contributed by atoms with Crippen LogP contribution >= 0.6 is 11.8 Å². The number of hydrogen-bond acceptors (Lipinski definition) is 15. The highest BCUT2D eigenvalue weighted by molar-refractivity contribution is 8.18. The number of rotatable bonds is 23. The summed E-state index contributed by atoms with van der Waals surface area (Å²) in [6, 6.07) is 25.7. The zero-order chi connectivity index (χ0) is 48.4. The van der Waals surface area contributed by atoms with E-state index < -0.39 is 11.9 Å². The molecule has 0 saturated carbocycles. The Balaban J connectivity index is 0.882. The molecule has 2 heterocycles. The van der Waals surface area contributed by atoms with Crippen molar-refractivity contribution >= 4 is 75.8 Å². The molecule has 0 aromatic heterocycles. The van der Waals surface area contributed by atoms with E-state index >= 15 is 0 Å². The first kappa shape index (κ1) is 50.2. The first-order valence-electron chi connectivity index (χ1n) is 21.8. The lowest BCUT2D eigenvalue weighted by Crippen LogP contribution is -2.39. The van der Waals surface area contributed by atoms with Gasteiger partial charge < -0.3 is 49.4 Å². The fourth-order valence-electron chi connectivity index (χ4n) is 6.65. The normalized spacial score (nSPS) is 14.4. The molecule has 358 valence electrons. The zero-order valence-corrected chi connectivity index (χ0v) is 39.1. The van der Waals surface area contributed by atoms with E-state index in [0.717, 1.165) is 36.3 Å². The molecule has 4 amide bonds. The van der Waals surface area contributed by atoms with Crippen molar-refractivity contribution in [2.24, 2.45) is 9.98 Å². The van der Waals surface area contributed by atoms with Crippen LogP contribution < -0.4 is 30.1 Å². The number of aliphatic hydroxyl groups is 1. The van der Waals surface area contributed by atoms with Crippen LogP contribution in [-0.2, 0) is 28.5 Å². The lowest BCUT2D eigenvalue weighted by atomic mass is 10.1. The highest BCUT2D eigenvalue weighted by atomic mass is 32.2. The topological polar surface area (TPSA) is 213 Å². The summed E-state index contributed by atoms with van der Waals surface area (Å²) >= 11 is 1.13. The fourth-order valence-corrected chi connectivity index (χ4v) is 7.69. The summed E-state index contributed by atoms with van der Waals surface area (Å²) in [6.45, 7) is 5.27. The zero-order valence-electron chi connectivity index (χ0n) is 38.3. The first-order valence-corrected chi connectivity index (χ1v) is 22.6. The number of thioether (sulfide) groups is 1. The van der Waals surface area contributed by atoms with Gasteiger partial charge in [-0.25, -0.2) is 14.6 Å². The third-order valence-electron chi connectivity index (χ3n) is 10.3. The SMILES string of the molecule is CCOC(=O)C1=C(O)/C(=C/c2ccc(O)c(OCCOCCOCCOCCNC(=O)c3cc(N(C)C=O)cc(N(C)C(=O)N(C)c4ccc(C5=NCCN5)cc4)c3)c2)SC1=Nc1ccccc1. The van der Waals surface area contributed by atoms with Gasteiger partial charge in [-0.1, -0.05) is 36.0 Å². The largest absolute Gasteiger partial charge is 0.506 e. The molecule has 4 aromatic rings. The molecule has 0 bridgehead atoms. The van der Waals surface area contributed by atoms with Crippen molar-refractivity contribution in [2.45, 2.75) is 6.92 Å². The van der Waals surface area contributed by atoms with Gasteiger partial charge in [0, 0.05) is 62.4 Å². The van der Waals surface area contributed by atoms with Gasteiger partial charge in [-0.3, -0.25) is 24.4 Å². The van der Waals surface area contributed by atoms with Crippen LogP contribution in [0.15, 0.2) is 117 Å². The van der Waals surface area contributed by atoms with Gasteiger partial charge in [0.05, 0.1) is 63.4 Å². The maximum absolute atomic E-state index is 13.6. The van der Waals surface area contributed by atoms with Gasteiger partial charge in [-0.2, -0.15) is 0 Å². The first-order chi connectivity index (χ1) is 33.0. The van der Waals surface area contributed by atoms with E-state index in [9.17, 15) is 29.4 Å². The number of phenolic OH excluding ortho intramolecular Hbond substituents is 1. The average molecular weight is 950 g/mol. The summed E-state index contributed by atoms with van der Waals surface area (Å²) < 4.78 is 27.8. The van der Waals surface area contributed by atoms with Gasteiger partial charge in [0.2, 0.25) is 6.41 Å². The number of hydrogen-bond donors (Lipinski definition) is 4. The predicted molar refractivity (Wildman–Crippen MR) is 263 cm³/mol. The van der Waals surface area contributed by atoms with Gasteiger partial charge in [-0.15, -0.1) is 0 Å². The summed E-state index contributed by atoms with van der Waals surface area (Å²) in [5.74, 6) is -0.382. The van der Waals surface area contributed by atoms with Crippen molar-refractivity contribution in [3.05, 3.63) is 124 Å². The maximum atomic E-state index is 13.6. The summed E-state index contributed by atoms with van der Waals surface area (Å²) in [4.78, 5) is 64.8. The minimum Gasteiger partial charge on any atom is -0.506 e. The summed E-state index contributed by atoms with van der Waals surface area (Å²) in [6.07, 6.45) is 2.29. The predicted octanol–water partition coefficient (Wildman–Crippen LogP) is 6.08. The van der Waals surface area contributed by atoms with E-state index in [0.29, 0.717) is 57.9 Å². The maximum Gasteiger partial charge on any atom is 0.344 e. The average Bonchev–Trinajstić information content (AvgIpc) is 4.01. The van der Waals surface area contributed by atoms with E-state index in [4.69, 9.17) is 23.7 Å². The molecule has 2 aliphatic rings. The molecular weight excluding hydrogens is 895 g/mol. The molecule has 19 heteroatoms. The Morgan fingerprint density at radius 1 is 0.824 bits per heavy atom. The molecule has 0 fully saturated rings. The number of aliphatic hydroxyl groups excluding tert-OH is 1. The molecule has 0 unspecified atom stereocenters. The minimum absolute atomic E-state index is 0.0198. The Morgan fingerprint density at radius 3 is 2.18 bits per heavy atom. The summed E-state index contributed by atoms with van der Waals surface area (Å²) in [5.41, 5.74) is 3.90. The van der Waals surface area contributed by atoms with Gasteiger partial charge in [0.15, 0.2) is 11.5 Å². The van der Waals surface area contributed by atoms with Crippen LogP contribution in [0.5, 0.6) is 11.5 Å². The number of amides is 4. The van der Waals surface area contributed by atoms with E-state index in [2.05, 4.69) is 20.6 Å². The van der Waals surface area contributed by atoms with Crippen molar-refractivity contribution < 1.29 is 53.1 Å². The number of nitrogens with one attached hydrogen (secondary N) is 2. The van der Waals surface area contributed by atoms with Gasteiger partial charge >= 0.3 is 12.0 Å². The number of ether oxygens (including phenoxy) is 5. The van der Waals surface area contributed by atoms with Gasteiger partial charge in [0.25, 0.3) is 5.91 Å². The Labute approximate surface area is 398 Å². The molecule has 2 aliphatic heterocycles. The quantitative estimate of drug-likeness (QED) is 0.0378.